The molecule has 0 bridgehead atoms. The first-order valence-corrected chi connectivity index (χ1v) is 6.16. The van der Waals surface area contributed by atoms with Gasteiger partial charge in [-0.2, -0.15) is 0 Å². The summed E-state index contributed by atoms with van der Waals surface area (Å²) in [7, 11) is 0. The van der Waals surface area contributed by atoms with Crippen LogP contribution in [-0.2, 0) is 0 Å². The minimum atomic E-state index is 0.712. The van der Waals surface area contributed by atoms with E-state index in [1.165, 1.54) is 18.5 Å². The second kappa shape index (κ2) is 5.00. The number of anilines is 3. The minimum absolute atomic E-state index is 0.712. The molecule has 1 fully saturated rings. The zero-order valence-electron chi connectivity index (χ0n) is 10.1. The van der Waals surface area contributed by atoms with Gasteiger partial charge in [0.15, 0.2) is 0 Å². The van der Waals surface area contributed by atoms with Gasteiger partial charge in [-0.1, -0.05) is 0 Å². The molecule has 1 N–H and O–H groups in total. The standard InChI is InChI=1S/C13H15N5/c1-2-8-18(7-1)11-3-4-15-12(9-11)17-13-10-14-5-6-16-13/h3-6,9-10H,1-2,7-8H2,(H,15,16,17). The highest BCUT2D eigenvalue weighted by Gasteiger charge is 2.12. The summed E-state index contributed by atoms with van der Waals surface area (Å²) in [5, 5.41) is 3.16. The highest BCUT2D eigenvalue weighted by Crippen LogP contribution is 2.22. The lowest BCUT2D eigenvalue weighted by molar-refractivity contribution is 0.949. The number of hydrogen-bond acceptors (Lipinski definition) is 5. The van der Waals surface area contributed by atoms with Gasteiger partial charge < -0.3 is 10.2 Å². The third-order valence-electron chi connectivity index (χ3n) is 3.03. The van der Waals surface area contributed by atoms with E-state index in [0.717, 1.165) is 18.9 Å². The van der Waals surface area contributed by atoms with Crippen molar-refractivity contribution < 1.29 is 0 Å². The molecule has 5 nitrogen and oxygen atoms in total. The van der Waals surface area contributed by atoms with E-state index < -0.39 is 0 Å². The van der Waals surface area contributed by atoms with Crippen LogP contribution in [0, 0.1) is 0 Å². The highest BCUT2D eigenvalue weighted by molar-refractivity contribution is 5.58. The van der Waals surface area contributed by atoms with Gasteiger partial charge >= 0.3 is 0 Å². The van der Waals surface area contributed by atoms with Crippen LogP contribution < -0.4 is 10.2 Å². The largest absolute Gasteiger partial charge is 0.371 e. The lowest BCUT2D eigenvalue weighted by Crippen LogP contribution is -2.17. The van der Waals surface area contributed by atoms with E-state index in [9.17, 15) is 0 Å². The second-order valence-electron chi connectivity index (χ2n) is 4.31. The van der Waals surface area contributed by atoms with Crippen molar-refractivity contribution in [3.8, 4) is 0 Å². The molecule has 3 heterocycles. The zero-order valence-corrected chi connectivity index (χ0v) is 10.1. The van der Waals surface area contributed by atoms with E-state index in [4.69, 9.17) is 0 Å². The number of hydrogen-bond donors (Lipinski definition) is 1. The lowest BCUT2D eigenvalue weighted by Gasteiger charge is -2.18. The molecule has 0 aromatic carbocycles. The molecular formula is C13H15N5. The van der Waals surface area contributed by atoms with Crippen molar-refractivity contribution in [2.45, 2.75) is 12.8 Å². The summed E-state index contributed by atoms with van der Waals surface area (Å²) in [5.41, 5.74) is 1.22. The normalized spacial score (nSPS) is 14.8. The fraction of sp³-hybridized carbons (Fsp3) is 0.308. The van der Waals surface area contributed by atoms with Gasteiger partial charge in [-0.3, -0.25) is 4.98 Å². The van der Waals surface area contributed by atoms with Crippen molar-refractivity contribution in [1.82, 2.24) is 15.0 Å². The number of nitrogens with zero attached hydrogens (tertiary/aromatic N) is 4. The van der Waals surface area contributed by atoms with E-state index in [-0.39, 0.29) is 0 Å². The van der Waals surface area contributed by atoms with Crippen molar-refractivity contribution in [1.29, 1.82) is 0 Å². The quantitative estimate of drug-likeness (QED) is 0.893. The Morgan fingerprint density at radius 1 is 1.00 bits per heavy atom. The van der Waals surface area contributed by atoms with Gasteiger partial charge in [0.05, 0.1) is 6.20 Å². The molecule has 0 amide bonds. The van der Waals surface area contributed by atoms with Crippen molar-refractivity contribution in [2.75, 3.05) is 23.3 Å². The average Bonchev–Trinajstić information content (AvgIpc) is 2.94. The Kier molecular flexibility index (Phi) is 3.04. The molecule has 5 heteroatoms. The van der Waals surface area contributed by atoms with Gasteiger partial charge in [0.1, 0.15) is 11.6 Å². The van der Waals surface area contributed by atoms with Crippen LogP contribution in [0.3, 0.4) is 0 Å². The maximum absolute atomic E-state index is 4.30. The minimum Gasteiger partial charge on any atom is -0.371 e. The Bertz CT molecular complexity index is 508. The Hall–Kier alpha value is -2.17. The molecule has 0 spiro atoms. The van der Waals surface area contributed by atoms with E-state index >= 15 is 0 Å². The maximum Gasteiger partial charge on any atom is 0.150 e. The first-order valence-electron chi connectivity index (χ1n) is 6.16. The summed E-state index contributed by atoms with van der Waals surface area (Å²) in [6, 6.07) is 4.10. The number of nitrogens with one attached hydrogen (secondary N) is 1. The monoisotopic (exact) mass is 241 g/mol. The molecule has 1 saturated heterocycles. The summed E-state index contributed by atoms with van der Waals surface area (Å²) in [5.74, 6) is 1.52. The van der Waals surface area contributed by atoms with Crippen LogP contribution in [0.25, 0.3) is 0 Å². The summed E-state index contributed by atoms with van der Waals surface area (Å²) >= 11 is 0. The van der Waals surface area contributed by atoms with Crippen LogP contribution >= 0.6 is 0 Å². The van der Waals surface area contributed by atoms with Gasteiger partial charge in [0.25, 0.3) is 0 Å². The first-order chi connectivity index (χ1) is 8.92. The van der Waals surface area contributed by atoms with Gasteiger partial charge in [0, 0.05) is 43.4 Å². The highest BCUT2D eigenvalue weighted by atomic mass is 15.2. The molecular weight excluding hydrogens is 226 g/mol. The number of rotatable bonds is 3. The third-order valence-corrected chi connectivity index (χ3v) is 3.03. The van der Waals surface area contributed by atoms with Crippen molar-refractivity contribution in [3.63, 3.8) is 0 Å². The predicted molar refractivity (Wildman–Crippen MR) is 71.0 cm³/mol. The Morgan fingerprint density at radius 2 is 1.83 bits per heavy atom. The van der Waals surface area contributed by atoms with Gasteiger partial charge in [-0.15, -0.1) is 0 Å². The first kappa shape index (κ1) is 11.0. The van der Waals surface area contributed by atoms with Gasteiger partial charge in [0.2, 0.25) is 0 Å². The molecule has 1 aliphatic rings. The van der Waals surface area contributed by atoms with Crippen LogP contribution in [-0.4, -0.2) is 28.0 Å². The van der Waals surface area contributed by atoms with E-state index in [1.54, 1.807) is 18.6 Å². The van der Waals surface area contributed by atoms with Crippen LogP contribution in [0.2, 0.25) is 0 Å². The molecule has 18 heavy (non-hydrogen) atoms. The molecule has 0 atom stereocenters. The third kappa shape index (κ3) is 2.40. The molecule has 0 saturated carbocycles. The maximum atomic E-state index is 4.30. The SMILES string of the molecule is c1cnc(Nc2cc(N3CCCC3)ccn2)cn1. The smallest absolute Gasteiger partial charge is 0.150 e. The fourth-order valence-electron chi connectivity index (χ4n) is 2.15. The molecule has 92 valence electrons. The predicted octanol–water partition coefficient (Wildman–Crippen LogP) is 2.22. The van der Waals surface area contributed by atoms with Crippen molar-refractivity contribution in [2.24, 2.45) is 0 Å². The summed E-state index contributed by atoms with van der Waals surface area (Å²) < 4.78 is 0. The average molecular weight is 241 g/mol. The van der Waals surface area contributed by atoms with Gasteiger partial charge in [-0.25, -0.2) is 9.97 Å². The molecule has 0 aliphatic carbocycles. The fourth-order valence-corrected chi connectivity index (χ4v) is 2.15. The lowest BCUT2D eigenvalue weighted by atomic mass is 10.3. The topological polar surface area (TPSA) is 53.9 Å². The zero-order chi connectivity index (χ0) is 12.2. The molecule has 0 radical (unpaired) electrons. The Morgan fingerprint density at radius 3 is 2.61 bits per heavy atom. The van der Waals surface area contributed by atoms with Crippen LogP contribution in [0.5, 0.6) is 0 Å². The Labute approximate surface area is 106 Å². The van der Waals surface area contributed by atoms with Gasteiger partial charge in [-0.05, 0) is 18.9 Å². The van der Waals surface area contributed by atoms with Crippen molar-refractivity contribution in [3.05, 3.63) is 36.9 Å². The summed E-state index contributed by atoms with van der Waals surface area (Å²) in [4.78, 5) is 14.9. The van der Waals surface area contributed by atoms with Crippen molar-refractivity contribution >= 4 is 17.3 Å². The van der Waals surface area contributed by atoms with Crippen LogP contribution in [0.1, 0.15) is 12.8 Å². The number of pyridine rings is 1. The molecule has 0 unspecified atom stereocenters. The summed E-state index contributed by atoms with van der Waals surface area (Å²) in [6.45, 7) is 2.27. The van der Waals surface area contributed by atoms with Crippen LogP contribution in [0.4, 0.5) is 17.3 Å². The molecule has 2 aromatic rings. The Balaban J connectivity index is 1.78. The number of aromatic nitrogens is 3. The second-order valence-corrected chi connectivity index (χ2v) is 4.31. The molecule has 2 aromatic heterocycles. The summed E-state index contributed by atoms with van der Waals surface area (Å²) in [6.07, 6.45) is 9.37. The van der Waals surface area contributed by atoms with E-state index in [0.29, 0.717) is 5.82 Å². The molecule has 1 aliphatic heterocycles. The molecule has 3 rings (SSSR count). The van der Waals surface area contributed by atoms with Crippen LogP contribution in [0.15, 0.2) is 36.9 Å². The van der Waals surface area contributed by atoms with E-state index in [1.807, 2.05) is 12.3 Å². The van der Waals surface area contributed by atoms with E-state index in [2.05, 4.69) is 31.2 Å².